The predicted molar refractivity (Wildman–Crippen MR) is 89.8 cm³/mol. The Hall–Kier alpha value is -1.39. The van der Waals surface area contributed by atoms with Gasteiger partial charge in [-0.3, -0.25) is 4.98 Å². The van der Waals surface area contributed by atoms with Crippen LogP contribution in [-0.4, -0.2) is 14.5 Å². The van der Waals surface area contributed by atoms with Crippen molar-refractivity contribution in [1.29, 1.82) is 0 Å². The second-order valence-electron chi connectivity index (χ2n) is 5.11. The largest absolute Gasteiger partial charge is 0.322 e. The Labute approximate surface area is 137 Å². The summed E-state index contributed by atoms with van der Waals surface area (Å²) >= 11 is 9.85. The topological polar surface area (TPSA) is 30.7 Å². The molecule has 0 saturated carbocycles. The summed E-state index contributed by atoms with van der Waals surface area (Å²) in [6.07, 6.45) is 3.70. The smallest absolute Gasteiger partial charge is 0.128 e. The summed E-state index contributed by atoms with van der Waals surface area (Å²) in [5.74, 6) is 0.890. The van der Waals surface area contributed by atoms with E-state index < -0.39 is 0 Å². The number of pyridine rings is 1. The number of fused-ring (bicyclic) bond motifs is 1. The van der Waals surface area contributed by atoms with Gasteiger partial charge in [-0.1, -0.05) is 15.9 Å². The lowest BCUT2D eigenvalue weighted by atomic mass is 10.1. The van der Waals surface area contributed by atoms with Crippen molar-refractivity contribution in [2.75, 3.05) is 0 Å². The molecule has 2 aromatic heterocycles. The summed E-state index contributed by atoms with van der Waals surface area (Å²) < 4.78 is 3.22. The van der Waals surface area contributed by atoms with Gasteiger partial charge in [0.15, 0.2) is 0 Å². The molecule has 108 valence electrons. The maximum absolute atomic E-state index is 6.32. The lowest BCUT2D eigenvalue weighted by Gasteiger charge is -2.12. The van der Waals surface area contributed by atoms with E-state index in [2.05, 4.69) is 43.5 Å². The molecular formula is C16H15BrClN3. The molecule has 3 aromatic rings. The second kappa shape index (κ2) is 5.78. The van der Waals surface area contributed by atoms with Gasteiger partial charge in [0, 0.05) is 23.4 Å². The van der Waals surface area contributed by atoms with Crippen molar-refractivity contribution in [3.63, 3.8) is 0 Å². The molecule has 5 heteroatoms. The molecule has 0 bridgehead atoms. The molecule has 1 atom stereocenters. The quantitative estimate of drug-likeness (QED) is 0.622. The first kappa shape index (κ1) is 14.5. The lowest BCUT2D eigenvalue weighted by molar-refractivity contribution is 0.738. The molecule has 0 fully saturated rings. The van der Waals surface area contributed by atoms with Crippen LogP contribution in [0.5, 0.6) is 0 Å². The molecule has 21 heavy (non-hydrogen) atoms. The number of hydrogen-bond donors (Lipinski definition) is 0. The minimum atomic E-state index is -0.140. The van der Waals surface area contributed by atoms with Crippen LogP contribution >= 0.6 is 27.5 Å². The van der Waals surface area contributed by atoms with Gasteiger partial charge in [0.05, 0.1) is 16.4 Å². The maximum Gasteiger partial charge on any atom is 0.128 e. The van der Waals surface area contributed by atoms with E-state index in [1.54, 1.807) is 0 Å². The highest BCUT2D eigenvalue weighted by Crippen LogP contribution is 2.27. The molecule has 0 spiro atoms. The SMILES string of the molecule is Cc1cnccc1Cn1c(C(C)Cl)nc2ccc(Br)cc21. The fourth-order valence-corrected chi connectivity index (χ4v) is 2.95. The second-order valence-corrected chi connectivity index (χ2v) is 6.68. The van der Waals surface area contributed by atoms with Gasteiger partial charge in [-0.05, 0) is 49.2 Å². The van der Waals surface area contributed by atoms with Gasteiger partial charge in [0.2, 0.25) is 0 Å². The van der Waals surface area contributed by atoms with E-state index in [9.17, 15) is 0 Å². The Morgan fingerprint density at radius 2 is 2.14 bits per heavy atom. The Kier molecular flexibility index (Phi) is 4.00. The Balaban J connectivity index is 2.17. The third kappa shape index (κ3) is 2.83. The fourth-order valence-electron chi connectivity index (χ4n) is 2.43. The maximum atomic E-state index is 6.32. The number of alkyl halides is 1. The standard InChI is InChI=1S/C16H15BrClN3/c1-10-8-19-6-5-12(10)9-21-15-7-13(17)3-4-14(15)20-16(21)11(2)18/h3-8,11H,9H2,1-2H3. The van der Waals surface area contributed by atoms with E-state index in [4.69, 9.17) is 11.6 Å². The summed E-state index contributed by atoms with van der Waals surface area (Å²) in [5, 5.41) is -0.140. The molecule has 0 aliphatic rings. The summed E-state index contributed by atoms with van der Waals surface area (Å²) in [6.45, 7) is 4.77. The van der Waals surface area contributed by atoms with Crippen LogP contribution in [0.4, 0.5) is 0 Å². The molecule has 0 radical (unpaired) electrons. The molecule has 3 nitrogen and oxygen atoms in total. The van der Waals surface area contributed by atoms with Crippen LogP contribution in [0.2, 0.25) is 0 Å². The van der Waals surface area contributed by atoms with Gasteiger partial charge >= 0.3 is 0 Å². The highest BCUT2D eigenvalue weighted by atomic mass is 79.9. The van der Waals surface area contributed by atoms with E-state index in [1.165, 1.54) is 11.1 Å². The molecule has 0 saturated heterocycles. The minimum absolute atomic E-state index is 0.140. The van der Waals surface area contributed by atoms with Crippen molar-refractivity contribution < 1.29 is 0 Å². The molecule has 1 aromatic carbocycles. The van der Waals surface area contributed by atoms with Crippen LogP contribution in [0.15, 0.2) is 41.1 Å². The van der Waals surface area contributed by atoms with Crippen molar-refractivity contribution in [1.82, 2.24) is 14.5 Å². The molecule has 1 unspecified atom stereocenters. The van der Waals surface area contributed by atoms with Crippen molar-refractivity contribution in [3.8, 4) is 0 Å². The highest BCUT2D eigenvalue weighted by Gasteiger charge is 2.16. The van der Waals surface area contributed by atoms with E-state index in [0.29, 0.717) is 0 Å². The molecule has 2 heterocycles. The predicted octanol–water partition coefficient (Wildman–Crippen LogP) is 4.85. The number of imidazole rings is 1. The number of aromatic nitrogens is 3. The molecule has 0 N–H and O–H groups in total. The van der Waals surface area contributed by atoms with Crippen LogP contribution in [0.1, 0.15) is 29.3 Å². The van der Waals surface area contributed by atoms with Crippen molar-refractivity contribution >= 4 is 38.6 Å². The van der Waals surface area contributed by atoms with Gasteiger partial charge in [0.1, 0.15) is 5.82 Å². The van der Waals surface area contributed by atoms with Gasteiger partial charge in [0.25, 0.3) is 0 Å². The zero-order valence-electron chi connectivity index (χ0n) is 11.8. The van der Waals surface area contributed by atoms with Crippen LogP contribution in [0.25, 0.3) is 11.0 Å². The van der Waals surface area contributed by atoms with E-state index >= 15 is 0 Å². The Bertz CT molecular complexity index is 795. The van der Waals surface area contributed by atoms with E-state index in [-0.39, 0.29) is 5.38 Å². The first-order valence-electron chi connectivity index (χ1n) is 6.75. The fraction of sp³-hybridized carbons (Fsp3) is 0.250. The van der Waals surface area contributed by atoms with Crippen molar-refractivity contribution in [2.45, 2.75) is 25.8 Å². The zero-order chi connectivity index (χ0) is 15.0. The monoisotopic (exact) mass is 363 g/mol. The van der Waals surface area contributed by atoms with Crippen molar-refractivity contribution in [2.24, 2.45) is 0 Å². The lowest BCUT2D eigenvalue weighted by Crippen LogP contribution is -2.07. The molecule has 0 amide bonds. The third-order valence-electron chi connectivity index (χ3n) is 3.56. The zero-order valence-corrected chi connectivity index (χ0v) is 14.2. The highest BCUT2D eigenvalue weighted by molar-refractivity contribution is 9.10. The van der Waals surface area contributed by atoms with Gasteiger partial charge in [-0.25, -0.2) is 4.98 Å². The van der Waals surface area contributed by atoms with Gasteiger partial charge in [-0.2, -0.15) is 0 Å². The average molecular weight is 365 g/mol. The van der Waals surface area contributed by atoms with Crippen LogP contribution in [0.3, 0.4) is 0 Å². The first-order chi connectivity index (χ1) is 10.1. The van der Waals surface area contributed by atoms with Gasteiger partial charge in [-0.15, -0.1) is 11.6 Å². The van der Waals surface area contributed by atoms with Crippen LogP contribution in [-0.2, 0) is 6.54 Å². The number of hydrogen-bond acceptors (Lipinski definition) is 2. The van der Waals surface area contributed by atoms with Crippen LogP contribution < -0.4 is 0 Å². The number of halogens is 2. The molecule has 0 aliphatic heterocycles. The van der Waals surface area contributed by atoms with Crippen LogP contribution in [0, 0.1) is 6.92 Å². The number of aryl methyl sites for hydroxylation is 1. The number of rotatable bonds is 3. The van der Waals surface area contributed by atoms with Gasteiger partial charge < -0.3 is 4.57 Å². The summed E-state index contributed by atoms with van der Waals surface area (Å²) in [5.41, 5.74) is 4.45. The van der Waals surface area contributed by atoms with Crippen molar-refractivity contribution in [3.05, 3.63) is 58.1 Å². The minimum Gasteiger partial charge on any atom is -0.322 e. The number of benzene rings is 1. The third-order valence-corrected chi connectivity index (χ3v) is 4.25. The molecule has 3 rings (SSSR count). The summed E-state index contributed by atoms with van der Waals surface area (Å²) in [4.78, 5) is 8.82. The molecule has 0 aliphatic carbocycles. The normalized spacial score (nSPS) is 12.8. The Morgan fingerprint density at radius 3 is 2.86 bits per heavy atom. The summed E-state index contributed by atoms with van der Waals surface area (Å²) in [6, 6.07) is 8.14. The summed E-state index contributed by atoms with van der Waals surface area (Å²) in [7, 11) is 0. The Morgan fingerprint density at radius 1 is 1.33 bits per heavy atom. The average Bonchev–Trinajstić information content (AvgIpc) is 2.80. The number of nitrogens with zero attached hydrogens (tertiary/aromatic N) is 3. The van der Waals surface area contributed by atoms with E-state index in [0.717, 1.165) is 27.9 Å². The molecular weight excluding hydrogens is 350 g/mol. The van der Waals surface area contributed by atoms with E-state index in [1.807, 2.05) is 37.5 Å². The first-order valence-corrected chi connectivity index (χ1v) is 7.98.